The first kappa shape index (κ1) is 10.1. The first-order chi connectivity index (χ1) is 6.74. The van der Waals surface area contributed by atoms with E-state index < -0.39 is 0 Å². The second-order valence-corrected chi connectivity index (χ2v) is 5.47. The molecule has 1 aliphatic carbocycles. The largest absolute Gasteiger partial charge is 0.313 e. The molecule has 2 rings (SSSR count). The van der Waals surface area contributed by atoms with Gasteiger partial charge in [-0.2, -0.15) is 5.10 Å². The second kappa shape index (κ2) is 4.36. The molecule has 0 spiro atoms. The van der Waals surface area contributed by atoms with Crippen LogP contribution in [-0.2, 0) is 7.05 Å². The van der Waals surface area contributed by atoms with Crippen LogP contribution in [0.5, 0.6) is 0 Å². The summed E-state index contributed by atoms with van der Waals surface area (Å²) in [5, 5.41) is 8.31. The van der Waals surface area contributed by atoms with Gasteiger partial charge in [-0.15, -0.1) is 11.8 Å². The number of aromatic nitrogens is 2. The molecule has 0 saturated heterocycles. The Morgan fingerprint density at radius 1 is 1.71 bits per heavy atom. The van der Waals surface area contributed by atoms with Crippen molar-refractivity contribution >= 4 is 11.8 Å². The molecule has 1 atom stereocenters. The van der Waals surface area contributed by atoms with Crippen molar-refractivity contribution in [2.75, 3.05) is 6.54 Å². The molecule has 1 aliphatic rings. The van der Waals surface area contributed by atoms with E-state index in [0.717, 1.165) is 12.6 Å². The number of thioether (sulfide) groups is 1. The summed E-state index contributed by atoms with van der Waals surface area (Å²) in [5.41, 5.74) is 0. The zero-order valence-electron chi connectivity index (χ0n) is 8.73. The summed E-state index contributed by atoms with van der Waals surface area (Å²) in [5.74, 6) is 0. The van der Waals surface area contributed by atoms with E-state index in [2.05, 4.69) is 23.5 Å². The highest BCUT2D eigenvalue weighted by atomic mass is 32.2. The van der Waals surface area contributed by atoms with Crippen molar-refractivity contribution in [3.05, 3.63) is 12.4 Å². The van der Waals surface area contributed by atoms with Crippen LogP contribution in [0.3, 0.4) is 0 Å². The van der Waals surface area contributed by atoms with E-state index in [1.165, 1.54) is 17.7 Å². The van der Waals surface area contributed by atoms with Gasteiger partial charge in [0.05, 0.1) is 6.20 Å². The number of nitrogens with one attached hydrogen (secondary N) is 1. The van der Waals surface area contributed by atoms with Crippen LogP contribution >= 0.6 is 11.8 Å². The van der Waals surface area contributed by atoms with Gasteiger partial charge in [0, 0.05) is 36.0 Å². The van der Waals surface area contributed by atoms with Crippen LogP contribution in [0.1, 0.15) is 19.8 Å². The van der Waals surface area contributed by atoms with Gasteiger partial charge in [-0.05, 0) is 12.8 Å². The predicted octanol–water partition coefficient (Wildman–Crippen LogP) is 1.65. The molecular formula is C10H17N3S. The summed E-state index contributed by atoms with van der Waals surface area (Å²) < 4.78 is 1.85. The summed E-state index contributed by atoms with van der Waals surface area (Å²) >= 11 is 1.89. The van der Waals surface area contributed by atoms with Gasteiger partial charge in [-0.25, -0.2) is 0 Å². The van der Waals surface area contributed by atoms with Crippen LogP contribution in [0.2, 0.25) is 0 Å². The standard InChI is InChI=1S/C10H17N3S/c1-8(5-11-9-3-4-9)14-10-6-12-13(2)7-10/h6-9,11H,3-5H2,1-2H3. The first-order valence-electron chi connectivity index (χ1n) is 5.13. The molecule has 1 saturated carbocycles. The minimum absolute atomic E-state index is 0.625. The SMILES string of the molecule is CC(CNC1CC1)Sc1cnn(C)c1. The molecule has 1 N–H and O–H groups in total. The lowest BCUT2D eigenvalue weighted by atomic mass is 10.4. The Kier molecular flexibility index (Phi) is 3.13. The van der Waals surface area contributed by atoms with Crippen molar-refractivity contribution in [3.8, 4) is 0 Å². The summed E-state index contributed by atoms with van der Waals surface area (Å²) in [4.78, 5) is 1.26. The van der Waals surface area contributed by atoms with E-state index in [1.54, 1.807) is 0 Å². The first-order valence-corrected chi connectivity index (χ1v) is 6.00. The maximum atomic E-state index is 4.15. The summed E-state index contributed by atoms with van der Waals surface area (Å²) in [6.07, 6.45) is 6.73. The highest BCUT2D eigenvalue weighted by Gasteiger charge is 2.21. The molecule has 78 valence electrons. The van der Waals surface area contributed by atoms with Gasteiger partial charge in [0.15, 0.2) is 0 Å². The maximum Gasteiger partial charge on any atom is 0.0625 e. The number of hydrogen-bond acceptors (Lipinski definition) is 3. The van der Waals surface area contributed by atoms with Crippen molar-refractivity contribution in [2.24, 2.45) is 7.05 Å². The summed E-state index contributed by atoms with van der Waals surface area (Å²) in [6, 6.07) is 0.812. The third kappa shape index (κ3) is 3.03. The molecule has 1 fully saturated rings. The van der Waals surface area contributed by atoms with Crippen molar-refractivity contribution in [1.29, 1.82) is 0 Å². The zero-order chi connectivity index (χ0) is 9.97. The normalized spacial score (nSPS) is 18.4. The Balaban J connectivity index is 1.72. The minimum atomic E-state index is 0.625. The molecule has 14 heavy (non-hydrogen) atoms. The number of aryl methyl sites for hydroxylation is 1. The lowest BCUT2D eigenvalue weighted by molar-refractivity contribution is 0.679. The smallest absolute Gasteiger partial charge is 0.0625 e. The monoisotopic (exact) mass is 211 g/mol. The van der Waals surface area contributed by atoms with Gasteiger partial charge < -0.3 is 5.32 Å². The predicted molar refractivity (Wildman–Crippen MR) is 59.6 cm³/mol. The van der Waals surface area contributed by atoms with Gasteiger partial charge >= 0.3 is 0 Å². The lowest BCUT2D eigenvalue weighted by Crippen LogP contribution is -2.24. The number of hydrogen-bond donors (Lipinski definition) is 1. The highest BCUT2D eigenvalue weighted by molar-refractivity contribution is 8.00. The summed E-state index contributed by atoms with van der Waals surface area (Å²) in [7, 11) is 1.96. The molecule has 0 amide bonds. The fourth-order valence-electron chi connectivity index (χ4n) is 1.35. The summed E-state index contributed by atoms with van der Waals surface area (Å²) in [6.45, 7) is 3.36. The molecule has 0 bridgehead atoms. The van der Waals surface area contributed by atoms with E-state index in [9.17, 15) is 0 Å². The molecule has 1 unspecified atom stereocenters. The van der Waals surface area contributed by atoms with Crippen LogP contribution < -0.4 is 5.32 Å². The molecule has 1 heterocycles. The molecular weight excluding hydrogens is 194 g/mol. The average molecular weight is 211 g/mol. The highest BCUT2D eigenvalue weighted by Crippen LogP contribution is 2.23. The fraction of sp³-hybridized carbons (Fsp3) is 0.700. The van der Waals surface area contributed by atoms with E-state index in [4.69, 9.17) is 0 Å². The molecule has 0 aromatic carbocycles. The third-order valence-corrected chi connectivity index (χ3v) is 3.34. The van der Waals surface area contributed by atoms with Crippen LogP contribution in [0.15, 0.2) is 17.3 Å². The van der Waals surface area contributed by atoms with Crippen molar-refractivity contribution in [3.63, 3.8) is 0 Å². The minimum Gasteiger partial charge on any atom is -0.313 e. The quantitative estimate of drug-likeness (QED) is 0.751. The molecule has 4 heteroatoms. The van der Waals surface area contributed by atoms with Crippen molar-refractivity contribution < 1.29 is 0 Å². The average Bonchev–Trinajstić information content (AvgIpc) is 2.88. The zero-order valence-corrected chi connectivity index (χ0v) is 9.55. The van der Waals surface area contributed by atoms with E-state index in [-0.39, 0.29) is 0 Å². The van der Waals surface area contributed by atoms with Crippen molar-refractivity contribution in [2.45, 2.75) is 36.0 Å². The molecule has 3 nitrogen and oxygen atoms in total. The second-order valence-electron chi connectivity index (χ2n) is 3.96. The Hall–Kier alpha value is -0.480. The molecule has 1 aromatic heterocycles. The Morgan fingerprint density at radius 3 is 3.07 bits per heavy atom. The lowest BCUT2D eigenvalue weighted by Gasteiger charge is -2.09. The van der Waals surface area contributed by atoms with Crippen LogP contribution in [0, 0.1) is 0 Å². The van der Waals surface area contributed by atoms with E-state index in [1.807, 2.05) is 29.7 Å². The Bertz CT molecular complexity index is 293. The molecule has 1 aromatic rings. The van der Waals surface area contributed by atoms with Crippen LogP contribution in [0.4, 0.5) is 0 Å². The van der Waals surface area contributed by atoms with Gasteiger partial charge in [0.2, 0.25) is 0 Å². The van der Waals surface area contributed by atoms with Crippen LogP contribution in [0.25, 0.3) is 0 Å². The molecule has 0 radical (unpaired) electrons. The van der Waals surface area contributed by atoms with Gasteiger partial charge in [0.25, 0.3) is 0 Å². The van der Waals surface area contributed by atoms with Gasteiger partial charge in [-0.1, -0.05) is 6.92 Å². The van der Waals surface area contributed by atoms with Crippen LogP contribution in [-0.4, -0.2) is 27.6 Å². The number of nitrogens with zero attached hydrogens (tertiary/aromatic N) is 2. The van der Waals surface area contributed by atoms with Gasteiger partial charge in [0.1, 0.15) is 0 Å². The third-order valence-electron chi connectivity index (χ3n) is 2.29. The van der Waals surface area contributed by atoms with Gasteiger partial charge in [-0.3, -0.25) is 4.68 Å². The fourth-order valence-corrected chi connectivity index (χ4v) is 2.32. The number of rotatable bonds is 5. The van der Waals surface area contributed by atoms with E-state index in [0.29, 0.717) is 5.25 Å². The van der Waals surface area contributed by atoms with E-state index >= 15 is 0 Å². The Labute approximate surface area is 89.3 Å². The van der Waals surface area contributed by atoms with Crippen molar-refractivity contribution in [1.82, 2.24) is 15.1 Å². The Morgan fingerprint density at radius 2 is 2.50 bits per heavy atom. The molecule has 0 aliphatic heterocycles. The maximum absolute atomic E-state index is 4.15. The topological polar surface area (TPSA) is 29.9 Å².